The molecule has 1 heterocycles. The van der Waals surface area contributed by atoms with Crippen molar-refractivity contribution in [3.63, 3.8) is 0 Å². The van der Waals surface area contributed by atoms with Gasteiger partial charge in [-0.2, -0.15) is 0 Å². The summed E-state index contributed by atoms with van der Waals surface area (Å²) in [7, 11) is 0. The lowest BCUT2D eigenvalue weighted by Crippen LogP contribution is -2.34. The Hall–Kier alpha value is -1.87. The van der Waals surface area contributed by atoms with Gasteiger partial charge >= 0.3 is 0 Å². The van der Waals surface area contributed by atoms with E-state index >= 15 is 0 Å². The number of carbonyl (C=O) groups excluding carboxylic acids is 1. The minimum Gasteiger partial charge on any atom is -0.375 e. The van der Waals surface area contributed by atoms with Gasteiger partial charge in [0.1, 0.15) is 12.1 Å². The molecule has 0 saturated carbocycles. The van der Waals surface area contributed by atoms with Crippen molar-refractivity contribution in [2.45, 2.75) is 25.3 Å². The Morgan fingerprint density at radius 3 is 2.62 bits per heavy atom. The van der Waals surface area contributed by atoms with Gasteiger partial charge in [0.15, 0.2) is 0 Å². The zero-order chi connectivity index (χ0) is 15.2. The number of nitrogens with one attached hydrogen (secondary N) is 1. The fraction of sp³-hybridized carbons (Fsp3) is 0.235. The van der Waals surface area contributed by atoms with E-state index in [2.05, 4.69) is 5.32 Å². The number of carbonyl (C=O) groups is 1. The molecule has 108 valence electrons. The Labute approximate surface area is 127 Å². The molecule has 0 spiro atoms. The van der Waals surface area contributed by atoms with Crippen molar-refractivity contribution in [1.82, 2.24) is 0 Å². The minimum atomic E-state index is -0.360. The predicted molar refractivity (Wildman–Crippen MR) is 83.3 cm³/mol. The topological polar surface area (TPSA) is 29.1 Å². The van der Waals surface area contributed by atoms with Crippen molar-refractivity contribution < 1.29 is 9.18 Å². The predicted octanol–water partition coefficient (Wildman–Crippen LogP) is 4.42. The zero-order valence-electron chi connectivity index (χ0n) is 11.8. The van der Waals surface area contributed by atoms with E-state index in [1.54, 1.807) is 6.07 Å². The maximum Gasteiger partial charge on any atom is 0.143 e. The zero-order valence-corrected chi connectivity index (χ0v) is 12.5. The molecule has 1 N–H and O–H groups in total. The van der Waals surface area contributed by atoms with Crippen molar-refractivity contribution in [2.75, 3.05) is 5.32 Å². The lowest BCUT2D eigenvalue weighted by Gasteiger charge is -2.23. The van der Waals surface area contributed by atoms with Crippen LogP contribution in [0.5, 0.6) is 0 Å². The van der Waals surface area contributed by atoms with Crippen LogP contribution in [0.3, 0.4) is 0 Å². The van der Waals surface area contributed by atoms with Crippen molar-refractivity contribution in [1.29, 1.82) is 0 Å². The molecule has 0 aromatic heterocycles. The van der Waals surface area contributed by atoms with Crippen LogP contribution in [0.1, 0.15) is 19.4 Å². The highest BCUT2D eigenvalue weighted by Gasteiger charge is 2.39. The number of benzene rings is 2. The quantitative estimate of drug-likeness (QED) is 0.832. The molecule has 0 radical (unpaired) electrons. The number of rotatable bonds is 2. The first-order chi connectivity index (χ1) is 9.91. The normalized spacial score (nSPS) is 19.0. The Kier molecular flexibility index (Phi) is 3.25. The van der Waals surface area contributed by atoms with Gasteiger partial charge in [-0.15, -0.1) is 0 Å². The Balaban J connectivity index is 2.11. The molecule has 4 heteroatoms. The molecule has 1 aliphatic heterocycles. The molecule has 0 saturated heterocycles. The van der Waals surface area contributed by atoms with Crippen LogP contribution >= 0.6 is 11.6 Å². The summed E-state index contributed by atoms with van der Waals surface area (Å²) in [6, 6.07) is 10.1. The summed E-state index contributed by atoms with van der Waals surface area (Å²) < 4.78 is 13.5. The van der Waals surface area contributed by atoms with Crippen LogP contribution in [0.2, 0.25) is 5.02 Å². The van der Waals surface area contributed by atoms with Crippen LogP contribution in [0.4, 0.5) is 10.1 Å². The summed E-state index contributed by atoms with van der Waals surface area (Å²) in [5, 5.41) is 3.58. The number of halogens is 2. The van der Waals surface area contributed by atoms with Crippen molar-refractivity contribution >= 4 is 23.6 Å². The molecular formula is C17H15ClFNO. The second-order valence-corrected chi connectivity index (χ2v) is 6.33. The number of aldehydes is 1. The van der Waals surface area contributed by atoms with E-state index in [0.717, 1.165) is 28.7 Å². The number of hydrogen-bond acceptors (Lipinski definition) is 2. The van der Waals surface area contributed by atoms with Crippen LogP contribution in [-0.4, -0.2) is 12.3 Å². The van der Waals surface area contributed by atoms with E-state index in [4.69, 9.17) is 11.6 Å². The first-order valence-corrected chi connectivity index (χ1v) is 7.12. The van der Waals surface area contributed by atoms with Gasteiger partial charge in [-0.3, -0.25) is 0 Å². The lowest BCUT2D eigenvalue weighted by molar-refractivity contribution is -0.109. The van der Waals surface area contributed by atoms with Gasteiger partial charge in [-0.25, -0.2) is 4.39 Å². The van der Waals surface area contributed by atoms with Gasteiger partial charge < -0.3 is 10.1 Å². The van der Waals surface area contributed by atoms with E-state index in [9.17, 15) is 9.18 Å². The third-order valence-corrected chi connectivity index (χ3v) is 4.35. The first kappa shape index (κ1) is 14.1. The van der Waals surface area contributed by atoms with Crippen molar-refractivity contribution in [3.05, 3.63) is 52.8 Å². The smallest absolute Gasteiger partial charge is 0.143 e. The van der Waals surface area contributed by atoms with E-state index in [1.165, 1.54) is 12.1 Å². The molecule has 2 nitrogen and oxygen atoms in total. The maximum absolute atomic E-state index is 13.5. The minimum absolute atomic E-state index is 0.251. The Morgan fingerprint density at radius 1 is 1.19 bits per heavy atom. The molecule has 2 aromatic carbocycles. The number of hydrogen-bond donors (Lipinski definition) is 1. The molecule has 1 atom stereocenters. The standard InChI is InChI=1S/C17H15ClFNO/c1-17(2)14-7-10(3-4-15(14)20-16(17)9-21)11-5-12(18)8-13(19)6-11/h3-9,16,20H,1-2H3. The largest absolute Gasteiger partial charge is 0.375 e. The van der Waals surface area contributed by atoms with E-state index in [1.807, 2.05) is 32.0 Å². The highest BCUT2D eigenvalue weighted by atomic mass is 35.5. The summed E-state index contributed by atoms with van der Waals surface area (Å²) in [4.78, 5) is 11.2. The summed E-state index contributed by atoms with van der Waals surface area (Å²) >= 11 is 5.92. The molecule has 2 aromatic rings. The third-order valence-electron chi connectivity index (χ3n) is 4.13. The molecule has 1 aliphatic rings. The Bertz CT molecular complexity index is 706. The highest BCUT2D eigenvalue weighted by molar-refractivity contribution is 6.30. The summed E-state index contributed by atoms with van der Waals surface area (Å²) in [5.74, 6) is -0.360. The number of anilines is 1. The van der Waals surface area contributed by atoms with Crippen LogP contribution in [0.25, 0.3) is 11.1 Å². The van der Waals surface area contributed by atoms with Crippen LogP contribution in [0, 0.1) is 5.82 Å². The molecule has 0 fully saturated rings. The average molecular weight is 304 g/mol. The van der Waals surface area contributed by atoms with E-state index < -0.39 is 0 Å². The van der Waals surface area contributed by atoms with Crippen molar-refractivity contribution in [3.8, 4) is 11.1 Å². The molecule has 0 bridgehead atoms. The van der Waals surface area contributed by atoms with Crippen LogP contribution in [-0.2, 0) is 10.2 Å². The van der Waals surface area contributed by atoms with Crippen LogP contribution in [0.15, 0.2) is 36.4 Å². The van der Waals surface area contributed by atoms with Gasteiger partial charge in [0.05, 0.1) is 6.04 Å². The number of fused-ring (bicyclic) bond motifs is 1. The molecule has 3 rings (SSSR count). The summed E-state index contributed by atoms with van der Waals surface area (Å²) in [6.45, 7) is 4.04. The average Bonchev–Trinajstić information content (AvgIpc) is 2.68. The maximum atomic E-state index is 13.5. The second kappa shape index (κ2) is 4.85. The van der Waals surface area contributed by atoms with Gasteiger partial charge in [-0.1, -0.05) is 31.5 Å². The highest BCUT2D eigenvalue weighted by Crippen LogP contribution is 2.42. The second-order valence-electron chi connectivity index (χ2n) is 5.90. The van der Waals surface area contributed by atoms with E-state index in [-0.39, 0.29) is 17.3 Å². The lowest BCUT2D eigenvalue weighted by atomic mass is 9.80. The Morgan fingerprint density at radius 2 is 1.95 bits per heavy atom. The summed E-state index contributed by atoms with van der Waals surface area (Å²) in [6.07, 6.45) is 0.929. The first-order valence-electron chi connectivity index (χ1n) is 6.74. The van der Waals surface area contributed by atoms with E-state index in [0.29, 0.717) is 5.02 Å². The van der Waals surface area contributed by atoms with Gasteiger partial charge in [-0.05, 0) is 47.0 Å². The van der Waals surface area contributed by atoms with Gasteiger partial charge in [0, 0.05) is 16.1 Å². The summed E-state index contributed by atoms with van der Waals surface area (Å²) in [5.41, 5.74) is 3.31. The van der Waals surface area contributed by atoms with Gasteiger partial charge in [0.25, 0.3) is 0 Å². The SMILES string of the molecule is CC1(C)c2cc(-c3cc(F)cc(Cl)c3)ccc2NC1C=O. The van der Waals surface area contributed by atoms with Gasteiger partial charge in [0.2, 0.25) is 0 Å². The monoisotopic (exact) mass is 303 g/mol. The fourth-order valence-electron chi connectivity index (χ4n) is 2.82. The fourth-order valence-corrected chi connectivity index (χ4v) is 3.04. The van der Waals surface area contributed by atoms with Crippen molar-refractivity contribution in [2.24, 2.45) is 0 Å². The van der Waals surface area contributed by atoms with Crippen LogP contribution < -0.4 is 5.32 Å². The molecular weight excluding hydrogens is 289 g/mol. The third kappa shape index (κ3) is 2.32. The molecule has 1 unspecified atom stereocenters. The molecule has 0 amide bonds. The molecule has 21 heavy (non-hydrogen) atoms. The molecule has 0 aliphatic carbocycles.